The van der Waals surface area contributed by atoms with Gasteiger partial charge in [-0.25, -0.2) is 22.7 Å². The van der Waals surface area contributed by atoms with Gasteiger partial charge in [0.1, 0.15) is 0 Å². The minimum Gasteiger partial charge on any atom is -0.364 e. The molecule has 1 aliphatic carbocycles. The van der Waals surface area contributed by atoms with Gasteiger partial charge < -0.3 is 4.98 Å². The number of hydrogen-bond donors (Lipinski definition) is 1. The second-order valence-corrected chi connectivity index (χ2v) is 9.32. The van der Waals surface area contributed by atoms with Crippen molar-refractivity contribution in [1.82, 2.24) is 19.3 Å². The monoisotopic (exact) mass is 356 g/mol. The standard InChI is InChI=1S/C18H20N4O2S/c23-25(24,14-3-4-14)22-9-1-2-13(11-22)17-16-12(5-7-19-17)10-21-18-15(16)6-8-20-18/h5-8,10,13-14,19H,1-4,9,11H2. The normalized spacial score (nSPS) is 22.6. The molecule has 2 aliphatic rings. The molecule has 1 saturated carbocycles. The first-order valence-corrected chi connectivity index (χ1v) is 10.3. The highest BCUT2D eigenvalue weighted by atomic mass is 32.2. The van der Waals surface area contributed by atoms with Gasteiger partial charge in [0.15, 0.2) is 5.65 Å². The molecule has 0 amide bonds. The van der Waals surface area contributed by atoms with E-state index in [9.17, 15) is 8.42 Å². The maximum atomic E-state index is 12.7. The summed E-state index contributed by atoms with van der Waals surface area (Å²) in [7, 11) is -3.12. The van der Waals surface area contributed by atoms with Crippen molar-refractivity contribution in [1.29, 1.82) is 0 Å². The van der Waals surface area contributed by atoms with Gasteiger partial charge in [-0.05, 0) is 37.8 Å². The number of aromatic amines is 1. The summed E-state index contributed by atoms with van der Waals surface area (Å²) < 4.78 is 27.0. The van der Waals surface area contributed by atoms with Crippen LogP contribution in [0.4, 0.5) is 0 Å². The number of sulfonamides is 1. The molecule has 1 N–H and O–H groups in total. The summed E-state index contributed by atoms with van der Waals surface area (Å²) in [6.45, 7) is 1.21. The van der Waals surface area contributed by atoms with Crippen LogP contribution in [-0.4, -0.2) is 46.0 Å². The lowest BCUT2D eigenvalue weighted by molar-refractivity contribution is 0.313. The zero-order valence-corrected chi connectivity index (χ0v) is 14.7. The Bertz CT molecular complexity index is 1060. The Labute approximate surface area is 146 Å². The fourth-order valence-corrected chi connectivity index (χ4v) is 5.93. The molecule has 4 heterocycles. The molecule has 1 unspecified atom stereocenters. The van der Waals surface area contributed by atoms with Gasteiger partial charge >= 0.3 is 0 Å². The van der Waals surface area contributed by atoms with E-state index in [4.69, 9.17) is 0 Å². The van der Waals surface area contributed by atoms with Crippen LogP contribution in [0, 0.1) is 0 Å². The number of nitrogens with one attached hydrogen (secondary N) is 1. The smallest absolute Gasteiger partial charge is 0.217 e. The molecule has 7 heteroatoms. The molecular formula is C18H20N4O2S. The summed E-state index contributed by atoms with van der Waals surface area (Å²) in [5.74, 6) is 0.173. The second-order valence-electron chi connectivity index (χ2n) is 7.10. The molecule has 1 aliphatic heterocycles. The Hall–Kier alpha value is -1.99. The maximum absolute atomic E-state index is 12.7. The zero-order chi connectivity index (χ0) is 17.0. The molecule has 6 nitrogen and oxygen atoms in total. The van der Waals surface area contributed by atoms with Gasteiger partial charge in [0.2, 0.25) is 10.0 Å². The lowest BCUT2D eigenvalue weighted by atomic mass is 9.92. The number of fused-ring (bicyclic) bond motifs is 3. The molecule has 0 spiro atoms. The third-order valence-electron chi connectivity index (χ3n) is 5.43. The summed E-state index contributed by atoms with van der Waals surface area (Å²) in [6, 6.07) is 4.00. The van der Waals surface area contributed by atoms with Gasteiger partial charge in [0, 0.05) is 59.5 Å². The van der Waals surface area contributed by atoms with E-state index >= 15 is 0 Å². The van der Waals surface area contributed by atoms with Crippen LogP contribution in [0.1, 0.15) is 37.3 Å². The van der Waals surface area contributed by atoms with Crippen molar-refractivity contribution in [3.8, 4) is 0 Å². The zero-order valence-electron chi connectivity index (χ0n) is 13.9. The number of rotatable bonds is 3. The van der Waals surface area contributed by atoms with Crippen molar-refractivity contribution in [2.45, 2.75) is 36.9 Å². The molecular weight excluding hydrogens is 336 g/mol. The number of piperidine rings is 1. The number of H-pyrrole nitrogens is 1. The second kappa shape index (κ2) is 5.51. The quantitative estimate of drug-likeness (QED) is 0.783. The molecule has 0 radical (unpaired) electrons. The van der Waals surface area contributed by atoms with Crippen molar-refractivity contribution in [3.63, 3.8) is 0 Å². The average Bonchev–Trinajstić information content (AvgIpc) is 3.39. The number of hydrogen-bond acceptors (Lipinski definition) is 4. The molecule has 3 aromatic heterocycles. The van der Waals surface area contributed by atoms with Crippen LogP contribution in [0.2, 0.25) is 0 Å². The van der Waals surface area contributed by atoms with Crippen LogP contribution in [0.15, 0.2) is 30.7 Å². The van der Waals surface area contributed by atoms with Gasteiger partial charge in [0.25, 0.3) is 0 Å². The summed E-state index contributed by atoms with van der Waals surface area (Å²) in [5.41, 5.74) is 1.85. The van der Waals surface area contributed by atoms with Crippen molar-refractivity contribution in [3.05, 3.63) is 36.4 Å². The molecule has 0 bridgehead atoms. The first kappa shape index (κ1) is 15.3. The third kappa shape index (κ3) is 2.45. The molecule has 25 heavy (non-hydrogen) atoms. The van der Waals surface area contributed by atoms with Gasteiger partial charge in [-0.1, -0.05) is 0 Å². The lowest BCUT2D eigenvalue weighted by Crippen LogP contribution is -2.41. The fourth-order valence-electron chi connectivity index (χ4n) is 4.00. The van der Waals surface area contributed by atoms with E-state index in [2.05, 4.69) is 15.0 Å². The maximum Gasteiger partial charge on any atom is 0.217 e. The van der Waals surface area contributed by atoms with Crippen LogP contribution in [0.25, 0.3) is 21.8 Å². The number of aromatic nitrogens is 3. The van der Waals surface area contributed by atoms with Crippen LogP contribution in [0.5, 0.6) is 0 Å². The minimum absolute atomic E-state index is 0.141. The van der Waals surface area contributed by atoms with E-state index in [-0.39, 0.29) is 11.2 Å². The summed E-state index contributed by atoms with van der Waals surface area (Å²) in [4.78, 5) is 12.1. The van der Waals surface area contributed by atoms with E-state index in [1.54, 1.807) is 10.5 Å². The molecule has 1 saturated heterocycles. The predicted molar refractivity (Wildman–Crippen MR) is 96.9 cm³/mol. The van der Waals surface area contributed by atoms with Crippen molar-refractivity contribution in [2.75, 3.05) is 13.1 Å². The van der Waals surface area contributed by atoms with E-state index < -0.39 is 10.0 Å². The molecule has 0 aromatic carbocycles. The molecule has 5 rings (SSSR count). The topological polar surface area (TPSA) is 79.0 Å². The van der Waals surface area contributed by atoms with Gasteiger partial charge in [-0.15, -0.1) is 0 Å². The first-order chi connectivity index (χ1) is 12.1. The van der Waals surface area contributed by atoms with Crippen molar-refractivity contribution in [2.24, 2.45) is 0 Å². The summed E-state index contributed by atoms with van der Waals surface area (Å²) in [5, 5.41) is 3.08. The van der Waals surface area contributed by atoms with Crippen molar-refractivity contribution >= 4 is 31.8 Å². The van der Waals surface area contributed by atoms with Crippen LogP contribution >= 0.6 is 0 Å². The van der Waals surface area contributed by atoms with E-state index in [1.807, 2.05) is 24.5 Å². The molecule has 130 valence electrons. The third-order valence-corrected chi connectivity index (χ3v) is 7.80. The number of nitrogens with zero attached hydrogens (tertiary/aromatic N) is 3. The highest BCUT2D eigenvalue weighted by Gasteiger charge is 2.42. The fraction of sp³-hybridized carbons (Fsp3) is 0.444. The molecule has 3 aromatic rings. The Kier molecular flexibility index (Phi) is 3.36. The number of pyridine rings is 2. The Morgan fingerprint density at radius 1 is 1.16 bits per heavy atom. The molecule has 2 fully saturated rings. The Morgan fingerprint density at radius 3 is 2.88 bits per heavy atom. The van der Waals surface area contributed by atoms with Crippen molar-refractivity contribution < 1.29 is 8.42 Å². The van der Waals surface area contributed by atoms with Gasteiger partial charge in [-0.2, -0.15) is 0 Å². The predicted octanol–water partition coefficient (Wildman–Crippen LogP) is 2.78. The van der Waals surface area contributed by atoms with Crippen LogP contribution < -0.4 is 0 Å². The lowest BCUT2D eigenvalue weighted by Gasteiger charge is -2.32. The van der Waals surface area contributed by atoms with E-state index in [1.165, 1.54) is 0 Å². The van der Waals surface area contributed by atoms with Crippen LogP contribution in [-0.2, 0) is 10.0 Å². The van der Waals surface area contributed by atoms with E-state index in [0.717, 1.165) is 53.2 Å². The Balaban J connectivity index is 1.59. The SMILES string of the molecule is O=S(=O)(C1CC1)N1CCCC(c2[nH]ccc3cnc4nccc4c23)C1. The summed E-state index contributed by atoms with van der Waals surface area (Å²) >= 11 is 0. The van der Waals surface area contributed by atoms with Gasteiger partial charge in [0.05, 0.1) is 5.25 Å². The highest BCUT2D eigenvalue weighted by molar-refractivity contribution is 7.90. The average molecular weight is 356 g/mol. The van der Waals surface area contributed by atoms with Gasteiger partial charge in [-0.3, -0.25) is 0 Å². The summed E-state index contributed by atoms with van der Waals surface area (Å²) in [6.07, 6.45) is 9.07. The van der Waals surface area contributed by atoms with E-state index in [0.29, 0.717) is 13.1 Å². The Morgan fingerprint density at radius 2 is 2.04 bits per heavy atom. The first-order valence-electron chi connectivity index (χ1n) is 8.84. The highest BCUT2D eigenvalue weighted by Crippen LogP contribution is 2.37. The minimum atomic E-state index is -3.12. The van der Waals surface area contributed by atoms with Crippen LogP contribution in [0.3, 0.4) is 0 Å². The largest absolute Gasteiger partial charge is 0.364 e. The molecule has 1 atom stereocenters.